The predicted octanol–water partition coefficient (Wildman–Crippen LogP) is 3.22. The van der Waals surface area contributed by atoms with Crippen molar-refractivity contribution in [2.45, 2.75) is 13.8 Å². The number of nitrogens with one attached hydrogen (secondary N) is 1. The predicted molar refractivity (Wildman–Crippen MR) is 83.3 cm³/mol. The molecule has 1 heterocycles. The Hall–Kier alpha value is -1.95. The van der Waals surface area contributed by atoms with Crippen LogP contribution in [0.2, 0.25) is 5.02 Å². The van der Waals surface area contributed by atoms with Crippen LogP contribution < -0.4 is 10.2 Å². The molecule has 0 atom stereocenters. The van der Waals surface area contributed by atoms with Gasteiger partial charge in [0.15, 0.2) is 5.82 Å². The monoisotopic (exact) mass is 309 g/mol. The Bertz CT molecular complexity index is 631. The van der Waals surface area contributed by atoms with Crippen molar-refractivity contribution in [3.8, 4) is 11.4 Å². The average molecular weight is 310 g/mol. The van der Waals surface area contributed by atoms with Gasteiger partial charge >= 0.3 is 0 Å². The molecule has 0 saturated carbocycles. The van der Waals surface area contributed by atoms with E-state index in [1.165, 1.54) is 12.1 Å². The first kappa shape index (κ1) is 15.4. The number of hydrogen-bond donors (Lipinski definition) is 1. The summed E-state index contributed by atoms with van der Waals surface area (Å²) in [4.78, 5) is 15.1. The summed E-state index contributed by atoms with van der Waals surface area (Å²) in [5, 5.41) is 2.96. The summed E-state index contributed by atoms with van der Waals surface area (Å²) < 4.78 is 13.3. The van der Waals surface area contributed by atoms with Crippen LogP contribution in [-0.4, -0.2) is 35.1 Å². The van der Waals surface area contributed by atoms with Gasteiger partial charge in [-0.2, -0.15) is 15.0 Å². The van der Waals surface area contributed by atoms with Crippen molar-refractivity contribution in [3.63, 3.8) is 0 Å². The molecule has 112 valence electrons. The second-order valence-electron chi connectivity index (χ2n) is 4.33. The molecule has 2 aromatic rings. The van der Waals surface area contributed by atoms with Gasteiger partial charge in [0.1, 0.15) is 5.82 Å². The summed E-state index contributed by atoms with van der Waals surface area (Å²) in [6.07, 6.45) is 0. The molecular weight excluding hydrogens is 293 g/mol. The summed E-state index contributed by atoms with van der Waals surface area (Å²) in [5.74, 6) is 1.03. The van der Waals surface area contributed by atoms with Crippen molar-refractivity contribution in [3.05, 3.63) is 29.0 Å². The van der Waals surface area contributed by atoms with Crippen LogP contribution in [0.5, 0.6) is 0 Å². The lowest BCUT2D eigenvalue weighted by Gasteiger charge is -2.19. The lowest BCUT2D eigenvalue weighted by Crippen LogP contribution is -2.25. The van der Waals surface area contributed by atoms with E-state index in [1.807, 2.05) is 18.7 Å². The fourth-order valence-electron chi connectivity index (χ4n) is 1.89. The maximum atomic E-state index is 13.3. The van der Waals surface area contributed by atoms with Crippen molar-refractivity contribution in [2.75, 3.05) is 30.4 Å². The van der Waals surface area contributed by atoms with Gasteiger partial charge in [0.25, 0.3) is 0 Å². The highest BCUT2D eigenvalue weighted by atomic mass is 35.5. The molecule has 1 N–H and O–H groups in total. The normalized spacial score (nSPS) is 10.5. The van der Waals surface area contributed by atoms with Crippen LogP contribution in [0.4, 0.5) is 16.3 Å². The fraction of sp³-hybridized carbons (Fsp3) is 0.357. The lowest BCUT2D eigenvalue weighted by molar-refractivity contribution is 0.628. The van der Waals surface area contributed by atoms with Crippen LogP contribution >= 0.6 is 11.6 Å². The molecule has 0 spiro atoms. The van der Waals surface area contributed by atoms with E-state index >= 15 is 0 Å². The Kier molecular flexibility index (Phi) is 4.90. The third-order valence-electron chi connectivity index (χ3n) is 3.07. The van der Waals surface area contributed by atoms with Gasteiger partial charge in [0.05, 0.1) is 5.02 Å². The molecule has 0 aliphatic heterocycles. The Morgan fingerprint density at radius 1 is 1.19 bits per heavy atom. The molecule has 5 nitrogen and oxygen atoms in total. The van der Waals surface area contributed by atoms with E-state index in [0.29, 0.717) is 23.3 Å². The van der Waals surface area contributed by atoms with Gasteiger partial charge in [-0.3, -0.25) is 0 Å². The van der Waals surface area contributed by atoms with Crippen molar-refractivity contribution in [2.24, 2.45) is 0 Å². The molecule has 0 bridgehead atoms. The smallest absolute Gasteiger partial charge is 0.230 e. The van der Waals surface area contributed by atoms with Crippen LogP contribution in [0.15, 0.2) is 18.2 Å². The van der Waals surface area contributed by atoms with E-state index in [0.717, 1.165) is 13.1 Å². The van der Waals surface area contributed by atoms with Crippen molar-refractivity contribution in [1.29, 1.82) is 0 Å². The number of hydrogen-bond acceptors (Lipinski definition) is 5. The molecule has 1 aromatic heterocycles. The van der Waals surface area contributed by atoms with Crippen LogP contribution in [0, 0.1) is 5.82 Å². The van der Waals surface area contributed by atoms with Gasteiger partial charge in [0, 0.05) is 25.7 Å². The first-order valence-corrected chi connectivity index (χ1v) is 7.11. The molecule has 0 aliphatic carbocycles. The third-order valence-corrected chi connectivity index (χ3v) is 3.36. The Labute approximate surface area is 128 Å². The van der Waals surface area contributed by atoms with E-state index in [2.05, 4.69) is 20.3 Å². The van der Waals surface area contributed by atoms with Crippen molar-refractivity contribution in [1.82, 2.24) is 15.0 Å². The molecule has 0 unspecified atom stereocenters. The number of rotatable bonds is 5. The van der Waals surface area contributed by atoms with E-state index in [4.69, 9.17) is 11.6 Å². The minimum absolute atomic E-state index is 0.0447. The van der Waals surface area contributed by atoms with Gasteiger partial charge in [-0.1, -0.05) is 11.6 Å². The highest BCUT2D eigenvalue weighted by molar-refractivity contribution is 6.31. The summed E-state index contributed by atoms with van der Waals surface area (Å²) in [6.45, 7) is 5.63. The number of aromatic nitrogens is 3. The molecule has 0 radical (unpaired) electrons. The molecule has 0 fully saturated rings. The van der Waals surface area contributed by atoms with Crippen LogP contribution in [0.1, 0.15) is 13.8 Å². The van der Waals surface area contributed by atoms with E-state index in [1.54, 1.807) is 13.1 Å². The van der Waals surface area contributed by atoms with Gasteiger partial charge in [0.2, 0.25) is 11.9 Å². The maximum absolute atomic E-state index is 13.3. The van der Waals surface area contributed by atoms with E-state index in [-0.39, 0.29) is 5.02 Å². The average Bonchev–Trinajstić information content (AvgIpc) is 2.51. The van der Waals surface area contributed by atoms with Crippen molar-refractivity contribution < 1.29 is 4.39 Å². The lowest BCUT2D eigenvalue weighted by atomic mass is 10.2. The summed E-state index contributed by atoms with van der Waals surface area (Å²) in [6, 6.07) is 4.41. The minimum Gasteiger partial charge on any atom is -0.357 e. The van der Waals surface area contributed by atoms with E-state index in [9.17, 15) is 4.39 Å². The fourth-order valence-corrected chi connectivity index (χ4v) is 2.07. The Balaban J connectivity index is 2.51. The molecular formula is C14H17ClFN5. The molecule has 0 amide bonds. The zero-order valence-electron chi connectivity index (χ0n) is 12.2. The van der Waals surface area contributed by atoms with Crippen molar-refractivity contribution >= 4 is 23.5 Å². The zero-order valence-corrected chi connectivity index (χ0v) is 12.9. The summed E-state index contributed by atoms with van der Waals surface area (Å²) >= 11 is 5.82. The number of benzene rings is 1. The van der Waals surface area contributed by atoms with Gasteiger partial charge in [-0.25, -0.2) is 4.39 Å². The van der Waals surface area contributed by atoms with Gasteiger partial charge in [-0.05, 0) is 32.0 Å². The summed E-state index contributed by atoms with van der Waals surface area (Å²) in [5.41, 5.74) is 0.647. The SMILES string of the molecule is CCN(CC)c1nc(NC)nc(-c2ccc(F)c(Cl)c2)n1. The molecule has 0 aliphatic rings. The number of nitrogens with zero attached hydrogens (tertiary/aromatic N) is 4. The maximum Gasteiger partial charge on any atom is 0.230 e. The molecule has 1 aromatic carbocycles. The zero-order chi connectivity index (χ0) is 15.4. The molecule has 7 heteroatoms. The first-order valence-electron chi connectivity index (χ1n) is 6.73. The first-order chi connectivity index (χ1) is 10.1. The minimum atomic E-state index is -0.465. The number of anilines is 2. The molecule has 2 rings (SSSR count). The van der Waals surface area contributed by atoms with Crippen LogP contribution in [-0.2, 0) is 0 Å². The quantitative estimate of drug-likeness (QED) is 0.919. The van der Waals surface area contributed by atoms with Crippen LogP contribution in [0.25, 0.3) is 11.4 Å². The van der Waals surface area contributed by atoms with E-state index < -0.39 is 5.82 Å². The highest BCUT2D eigenvalue weighted by Gasteiger charge is 2.13. The second-order valence-corrected chi connectivity index (χ2v) is 4.74. The van der Waals surface area contributed by atoms with Gasteiger partial charge < -0.3 is 10.2 Å². The largest absolute Gasteiger partial charge is 0.357 e. The summed E-state index contributed by atoms with van der Waals surface area (Å²) in [7, 11) is 1.74. The standard InChI is InChI=1S/C14H17ClFN5/c1-4-21(5-2)14-19-12(18-13(17-3)20-14)9-6-7-11(16)10(15)8-9/h6-8H,4-5H2,1-3H3,(H,17,18,19,20). The van der Waals surface area contributed by atoms with Gasteiger partial charge in [-0.15, -0.1) is 0 Å². The third kappa shape index (κ3) is 3.39. The number of halogens is 2. The Morgan fingerprint density at radius 3 is 2.48 bits per heavy atom. The second kappa shape index (κ2) is 6.67. The molecule has 21 heavy (non-hydrogen) atoms. The Morgan fingerprint density at radius 2 is 1.90 bits per heavy atom. The van der Waals surface area contributed by atoms with Crippen LogP contribution in [0.3, 0.4) is 0 Å². The highest BCUT2D eigenvalue weighted by Crippen LogP contribution is 2.24. The molecule has 0 saturated heterocycles. The topological polar surface area (TPSA) is 53.9 Å².